The van der Waals surface area contributed by atoms with Crippen molar-refractivity contribution in [2.45, 2.75) is 6.54 Å². The van der Waals surface area contributed by atoms with E-state index in [2.05, 4.69) is 14.9 Å². The van der Waals surface area contributed by atoms with Gasteiger partial charge < -0.3 is 24.8 Å². The first-order valence-corrected chi connectivity index (χ1v) is 9.22. The number of hydrogen-bond acceptors (Lipinski definition) is 9. The van der Waals surface area contributed by atoms with Crippen LogP contribution in [0.3, 0.4) is 0 Å². The molecule has 0 atom stereocenters. The summed E-state index contributed by atoms with van der Waals surface area (Å²) >= 11 is 0. The van der Waals surface area contributed by atoms with E-state index < -0.39 is 5.97 Å². The molecule has 1 fully saturated rings. The standard InChI is InChI=1S/C19H21N5O5/c20-18-17(21-3-4-22-18)19(26)27-11-16(25)24-7-5-23(6-8-24)10-13-1-2-14-15(9-13)29-12-28-14/h1-4,9H,5-8,10-12H2,(H2,20,22). The Bertz CT molecular complexity index is 914. The molecule has 10 nitrogen and oxygen atoms in total. The van der Waals surface area contributed by atoms with E-state index in [1.807, 2.05) is 18.2 Å². The van der Waals surface area contributed by atoms with Crippen LogP contribution >= 0.6 is 0 Å². The Kier molecular flexibility index (Phi) is 5.43. The fraction of sp³-hybridized carbons (Fsp3) is 0.368. The van der Waals surface area contributed by atoms with E-state index in [1.54, 1.807) is 4.90 Å². The van der Waals surface area contributed by atoms with Gasteiger partial charge in [-0.3, -0.25) is 9.69 Å². The largest absolute Gasteiger partial charge is 0.454 e. The normalized spacial score (nSPS) is 15.9. The molecule has 2 N–H and O–H groups in total. The average molecular weight is 399 g/mol. The van der Waals surface area contributed by atoms with Crippen LogP contribution in [0.5, 0.6) is 11.5 Å². The summed E-state index contributed by atoms with van der Waals surface area (Å²) in [6.45, 7) is 3.25. The Hall–Kier alpha value is -3.40. The molecule has 0 spiro atoms. The van der Waals surface area contributed by atoms with Crippen LogP contribution in [0.1, 0.15) is 16.1 Å². The van der Waals surface area contributed by atoms with Gasteiger partial charge in [0.2, 0.25) is 6.79 Å². The first-order valence-electron chi connectivity index (χ1n) is 9.22. The fourth-order valence-corrected chi connectivity index (χ4v) is 3.25. The molecular weight excluding hydrogens is 378 g/mol. The highest BCUT2D eigenvalue weighted by atomic mass is 16.7. The quantitative estimate of drug-likeness (QED) is 0.707. The van der Waals surface area contributed by atoms with Gasteiger partial charge in [-0.1, -0.05) is 6.07 Å². The molecule has 29 heavy (non-hydrogen) atoms. The summed E-state index contributed by atoms with van der Waals surface area (Å²) in [5, 5.41) is 0. The van der Waals surface area contributed by atoms with E-state index in [0.717, 1.165) is 36.7 Å². The molecule has 0 radical (unpaired) electrons. The topological polar surface area (TPSA) is 120 Å². The second-order valence-electron chi connectivity index (χ2n) is 6.71. The minimum atomic E-state index is -0.759. The van der Waals surface area contributed by atoms with E-state index in [4.69, 9.17) is 19.9 Å². The van der Waals surface area contributed by atoms with Crippen molar-refractivity contribution in [2.24, 2.45) is 0 Å². The molecule has 0 unspecified atom stereocenters. The summed E-state index contributed by atoms with van der Waals surface area (Å²) in [4.78, 5) is 35.9. The number of aromatic nitrogens is 2. The lowest BCUT2D eigenvalue weighted by Crippen LogP contribution is -2.49. The number of anilines is 1. The number of nitrogen functional groups attached to an aromatic ring is 1. The van der Waals surface area contributed by atoms with Gasteiger partial charge in [0, 0.05) is 45.1 Å². The number of carbonyl (C=O) groups excluding carboxylic acids is 2. The number of amides is 1. The maximum atomic E-state index is 12.3. The zero-order valence-corrected chi connectivity index (χ0v) is 15.7. The van der Waals surface area contributed by atoms with Crippen molar-refractivity contribution in [3.8, 4) is 11.5 Å². The second-order valence-corrected chi connectivity index (χ2v) is 6.71. The third-order valence-electron chi connectivity index (χ3n) is 4.81. The van der Waals surface area contributed by atoms with Crippen LogP contribution < -0.4 is 15.2 Å². The van der Waals surface area contributed by atoms with E-state index in [0.29, 0.717) is 13.1 Å². The number of piperazine rings is 1. The molecule has 1 aromatic heterocycles. The number of hydrogen-bond donors (Lipinski definition) is 1. The number of benzene rings is 1. The predicted octanol–water partition coefficient (Wildman–Crippen LogP) is 0.289. The minimum absolute atomic E-state index is 0.0259. The summed E-state index contributed by atoms with van der Waals surface area (Å²) in [6, 6.07) is 5.91. The number of carbonyl (C=O) groups is 2. The van der Waals surface area contributed by atoms with Gasteiger partial charge in [0.1, 0.15) is 0 Å². The molecule has 1 amide bonds. The van der Waals surface area contributed by atoms with Crippen molar-refractivity contribution < 1.29 is 23.8 Å². The maximum absolute atomic E-state index is 12.3. The second kappa shape index (κ2) is 8.31. The smallest absolute Gasteiger partial charge is 0.361 e. The monoisotopic (exact) mass is 399 g/mol. The number of nitrogens with zero attached hydrogens (tertiary/aromatic N) is 4. The van der Waals surface area contributed by atoms with Crippen molar-refractivity contribution in [2.75, 3.05) is 45.3 Å². The highest BCUT2D eigenvalue weighted by molar-refractivity contribution is 5.93. The summed E-state index contributed by atoms with van der Waals surface area (Å²) in [7, 11) is 0. The third-order valence-corrected chi connectivity index (χ3v) is 4.81. The van der Waals surface area contributed by atoms with Crippen LogP contribution in [0, 0.1) is 0 Å². The van der Waals surface area contributed by atoms with E-state index >= 15 is 0 Å². The first-order chi connectivity index (χ1) is 14.1. The van der Waals surface area contributed by atoms with Crippen LogP contribution in [0.15, 0.2) is 30.6 Å². The van der Waals surface area contributed by atoms with Crippen molar-refractivity contribution in [1.29, 1.82) is 0 Å². The summed E-state index contributed by atoms with van der Waals surface area (Å²) in [6.07, 6.45) is 2.72. The molecule has 0 aliphatic carbocycles. The molecule has 1 saturated heterocycles. The summed E-state index contributed by atoms with van der Waals surface area (Å²) in [5.41, 5.74) is 6.63. The number of ether oxygens (including phenoxy) is 3. The molecule has 2 aromatic rings. The summed E-state index contributed by atoms with van der Waals surface area (Å²) < 4.78 is 15.8. The zero-order chi connectivity index (χ0) is 20.2. The van der Waals surface area contributed by atoms with Crippen LogP contribution in [-0.2, 0) is 16.1 Å². The molecule has 4 rings (SSSR count). The van der Waals surface area contributed by atoms with E-state index in [-0.39, 0.29) is 30.8 Å². The highest BCUT2D eigenvalue weighted by Gasteiger charge is 2.23. The molecule has 152 valence electrons. The van der Waals surface area contributed by atoms with Crippen molar-refractivity contribution >= 4 is 17.7 Å². The molecule has 0 saturated carbocycles. The van der Waals surface area contributed by atoms with Gasteiger partial charge in [0.15, 0.2) is 29.6 Å². The van der Waals surface area contributed by atoms with Gasteiger partial charge in [-0.2, -0.15) is 0 Å². The Morgan fingerprint density at radius 2 is 1.83 bits per heavy atom. The lowest BCUT2D eigenvalue weighted by molar-refractivity contribution is -0.136. The number of fused-ring (bicyclic) bond motifs is 1. The van der Waals surface area contributed by atoms with Crippen LogP contribution in [-0.4, -0.2) is 71.2 Å². The predicted molar refractivity (Wildman–Crippen MR) is 101 cm³/mol. The van der Waals surface area contributed by atoms with Crippen LogP contribution in [0.25, 0.3) is 0 Å². The van der Waals surface area contributed by atoms with Gasteiger partial charge in [-0.15, -0.1) is 0 Å². The Morgan fingerprint density at radius 3 is 2.62 bits per heavy atom. The van der Waals surface area contributed by atoms with E-state index in [1.165, 1.54) is 12.4 Å². The lowest BCUT2D eigenvalue weighted by Gasteiger charge is -2.34. The number of rotatable bonds is 5. The van der Waals surface area contributed by atoms with E-state index in [9.17, 15) is 9.59 Å². The maximum Gasteiger partial charge on any atom is 0.361 e. The molecule has 2 aliphatic heterocycles. The van der Waals surface area contributed by atoms with Crippen molar-refractivity contribution in [1.82, 2.24) is 19.8 Å². The number of nitrogens with two attached hydrogens (primary N) is 1. The SMILES string of the molecule is Nc1nccnc1C(=O)OCC(=O)N1CCN(Cc2ccc3c(c2)OCO3)CC1. The Labute approximate surface area is 167 Å². The molecule has 1 aromatic carbocycles. The molecule has 10 heteroatoms. The average Bonchev–Trinajstić information content (AvgIpc) is 3.20. The van der Waals surface area contributed by atoms with Gasteiger partial charge >= 0.3 is 5.97 Å². The molecule has 2 aliphatic rings. The molecule has 3 heterocycles. The third kappa shape index (κ3) is 4.37. The van der Waals surface area contributed by atoms with Crippen LogP contribution in [0.4, 0.5) is 5.82 Å². The van der Waals surface area contributed by atoms with Gasteiger partial charge in [0.25, 0.3) is 5.91 Å². The number of esters is 1. The lowest BCUT2D eigenvalue weighted by atomic mass is 10.1. The summed E-state index contributed by atoms with van der Waals surface area (Å²) in [5.74, 6) is 0.500. The first kappa shape index (κ1) is 18.9. The Morgan fingerprint density at radius 1 is 1.07 bits per heavy atom. The highest BCUT2D eigenvalue weighted by Crippen LogP contribution is 2.32. The molecular formula is C19H21N5O5. The van der Waals surface area contributed by atoms with Gasteiger partial charge in [-0.05, 0) is 17.7 Å². The van der Waals surface area contributed by atoms with Crippen LogP contribution in [0.2, 0.25) is 0 Å². The van der Waals surface area contributed by atoms with Gasteiger partial charge in [-0.25, -0.2) is 14.8 Å². The van der Waals surface area contributed by atoms with Gasteiger partial charge in [0.05, 0.1) is 0 Å². The minimum Gasteiger partial charge on any atom is -0.454 e. The van der Waals surface area contributed by atoms with Crippen molar-refractivity contribution in [3.05, 3.63) is 41.9 Å². The van der Waals surface area contributed by atoms with Crippen molar-refractivity contribution in [3.63, 3.8) is 0 Å². The fourth-order valence-electron chi connectivity index (χ4n) is 3.25. The molecule has 0 bridgehead atoms. The zero-order valence-electron chi connectivity index (χ0n) is 15.7. The Balaban J connectivity index is 1.23.